The first-order chi connectivity index (χ1) is 8.33. The van der Waals surface area contributed by atoms with Gasteiger partial charge >= 0.3 is 0 Å². The van der Waals surface area contributed by atoms with Gasteiger partial charge in [0.2, 0.25) is 0 Å². The molecule has 0 spiro atoms. The van der Waals surface area contributed by atoms with Gasteiger partial charge < -0.3 is 10.3 Å². The standard InChI is InChI=1S/C13H23N3S/c1-3-10-5-6-11(14-4-2)12(9-10)17-13-15-7-8-16-13/h7-8,10-12,14H,3-6,9H2,1-2H3,(H,15,16). The van der Waals surface area contributed by atoms with E-state index in [1.165, 1.54) is 25.7 Å². The van der Waals surface area contributed by atoms with E-state index >= 15 is 0 Å². The first kappa shape index (κ1) is 13.0. The molecule has 1 aliphatic carbocycles. The van der Waals surface area contributed by atoms with Crippen molar-refractivity contribution in [2.75, 3.05) is 6.54 Å². The maximum atomic E-state index is 4.34. The van der Waals surface area contributed by atoms with Gasteiger partial charge in [0.1, 0.15) is 0 Å². The van der Waals surface area contributed by atoms with Gasteiger partial charge in [0.25, 0.3) is 0 Å². The van der Waals surface area contributed by atoms with Crippen molar-refractivity contribution >= 4 is 11.8 Å². The molecule has 3 nitrogen and oxygen atoms in total. The summed E-state index contributed by atoms with van der Waals surface area (Å²) in [7, 11) is 0. The molecule has 2 N–H and O–H groups in total. The van der Waals surface area contributed by atoms with E-state index < -0.39 is 0 Å². The third-order valence-corrected chi connectivity index (χ3v) is 4.95. The SMILES string of the molecule is CCNC1CCC(CC)CC1Sc1ncc[nH]1. The van der Waals surface area contributed by atoms with Crippen LogP contribution in [-0.2, 0) is 0 Å². The zero-order valence-electron chi connectivity index (χ0n) is 10.8. The molecule has 1 aromatic heterocycles. The second-order valence-corrected chi connectivity index (χ2v) is 6.03. The summed E-state index contributed by atoms with van der Waals surface area (Å²) in [6, 6.07) is 0.651. The topological polar surface area (TPSA) is 40.7 Å². The number of imidazole rings is 1. The van der Waals surface area contributed by atoms with Crippen LogP contribution in [-0.4, -0.2) is 27.8 Å². The lowest BCUT2D eigenvalue weighted by molar-refractivity contribution is 0.297. The molecule has 3 unspecified atom stereocenters. The van der Waals surface area contributed by atoms with Gasteiger partial charge in [-0.3, -0.25) is 0 Å². The van der Waals surface area contributed by atoms with Crippen molar-refractivity contribution in [2.24, 2.45) is 5.92 Å². The van der Waals surface area contributed by atoms with E-state index in [9.17, 15) is 0 Å². The van der Waals surface area contributed by atoms with Crippen LogP contribution in [0.25, 0.3) is 0 Å². The van der Waals surface area contributed by atoms with Gasteiger partial charge in [0.05, 0.1) is 0 Å². The highest BCUT2D eigenvalue weighted by Crippen LogP contribution is 2.36. The van der Waals surface area contributed by atoms with E-state index in [0.29, 0.717) is 11.3 Å². The Balaban J connectivity index is 1.97. The van der Waals surface area contributed by atoms with Crippen molar-refractivity contribution < 1.29 is 0 Å². The van der Waals surface area contributed by atoms with Crippen LogP contribution < -0.4 is 5.32 Å². The molecule has 1 aliphatic rings. The zero-order valence-corrected chi connectivity index (χ0v) is 11.6. The van der Waals surface area contributed by atoms with E-state index in [-0.39, 0.29) is 0 Å². The quantitative estimate of drug-likeness (QED) is 0.847. The molecule has 0 aromatic carbocycles. The maximum absolute atomic E-state index is 4.34. The summed E-state index contributed by atoms with van der Waals surface area (Å²) in [6.45, 7) is 5.57. The lowest BCUT2D eigenvalue weighted by atomic mass is 9.84. The van der Waals surface area contributed by atoms with Crippen molar-refractivity contribution in [1.29, 1.82) is 0 Å². The number of aromatic amines is 1. The average molecular weight is 253 g/mol. The summed E-state index contributed by atoms with van der Waals surface area (Å²) in [5.41, 5.74) is 0. The molecule has 4 heteroatoms. The summed E-state index contributed by atoms with van der Waals surface area (Å²) >= 11 is 1.91. The molecule has 1 aromatic rings. The highest BCUT2D eigenvalue weighted by Gasteiger charge is 2.30. The normalized spacial score (nSPS) is 29.4. The molecule has 0 radical (unpaired) electrons. The number of aromatic nitrogens is 2. The molecule has 1 heterocycles. The van der Waals surface area contributed by atoms with E-state index in [1.54, 1.807) is 0 Å². The molecule has 1 saturated carbocycles. The summed E-state index contributed by atoms with van der Waals surface area (Å²) in [4.78, 5) is 7.54. The summed E-state index contributed by atoms with van der Waals surface area (Å²) < 4.78 is 0. The van der Waals surface area contributed by atoms with Gasteiger partial charge in [-0.25, -0.2) is 4.98 Å². The molecule has 0 amide bonds. The van der Waals surface area contributed by atoms with Crippen LogP contribution in [0, 0.1) is 5.92 Å². The van der Waals surface area contributed by atoms with Crippen LogP contribution in [0.2, 0.25) is 0 Å². The smallest absolute Gasteiger partial charge is 0.165 e. The Hall–Kier alpha value is -0.480. The van der Waals surface area contributed by atoms with Crippen LogP contribution in [0.1, 0.15) is 39.5 Å². The predicted molar refractivity (Wildman–Crippen MR) is 73.3 cm³/mol. The van der Waals surface area contributed by atoms with Gasteiger partial charge in [-0.15, -0.1) is 0 Å². The summed E-state index contributed by atoms with van der Waals surface area (Å²) in [5, 5.41) is 5.36. The maximum Gasteiger partial charge on any atom is 0.165 e. The van der Waals surface area contributed by atoms with Crippen molar-refractivity contribution in [2.45, 2.75) is 56.0 Å². The number of H-pyrrole nitrogens is 1. The van der Waals surface area contributed by atoms with Crippen LogP contribution >= 0.6 is 11.8 Å². The number of hydrogen-bond acceptors (Lipinski definition) is 3. The second-order valence-electron chi connectivity index (χ2n) is 4.80. The molecule has 0 aliphatic heterocycles. The molecule has 96 valence electrons. The number of rotatable bonds is 5. The Morgan fingerprint density at radius 1 is 1.47 bits per heavy atom. The van der Waals surface area contributed by atoms with Crippen molar-refractivity contribution in [3.05, 3.63) is 12.4 Å². The Morgan fingerprint density at radius 3 is 3.00 bits per heavy atom. The average Bonchev–Trinajstić information content (AvgIpc) is 2.84. The predicted octanol–water partition coefficient (Wildman–Crippen LogP) is 3.06. The second kappa shape index (κ2) is 6.45. The first-order valence-electron chi connectivity index (χ1n) is 6.72. The van der Waals surface area contributed by atoms with Crippen molar-refractivity contribution in [3.8, 4) is 0 Å². The highest BCUT2D eigenvalue weighted by atomic mass is 32.2. The lowest BCUT2D eigenvalue weighted by Crippen LogP contribution is -2.42. The molecule has 3 atom stereocenters. The molecular formula is C13H23N3S. The number of nitrogens with zero attached hydrogens (tertiary/aromatic N) is 1. The monoisotopic (exact) mass is 253 g/mol. The van der Waals surface area contributed by atoms with Gasteiger partial charge in [-0.05, 0) is 31.7 Å². The zero-order chi connectivity index (χ0) is 12.1. The minimum atomic E-state index is 0.651. The van der Waals surface area contributed by atoms with Gasteiger partial charge in [0.15, 0.2) is 5.16 Å². The highest BCUT2D eigenvalue weighted by molar-refractivity contribution is 7.99. The fourth-order valence-corrected chi connectivity index (χ4v) is 3.98. The number of hydrogen-bond donors (Lipinski definition) is 2. The van der Waals surface area contributed by atoms with Crippen LogP contribution in [0.4, 0.5) is 0 Å². The minimum absolute atomic E-state index is 0.651. The fourth-order valence-electron chi connectivity index (χ4n) is 2.67. The number of thioether (sulfide) groups is 1. The molecule has 1 fully saturated rings. The Kier molecular flexibility index (Phi) is 4.92. The third-order valence-electron chi connectivity index (χ3n) is 3.68. The molecule has 17 heavy (non-hydrogen) atoms. The van der Waals surface area contributed by atoms with Crippen LogP contribution in [0.15, 0.2) is 17.6 Å². The van der Waals surface area contributed by atoms with Crippen LogP contribution in [0.5, 0.6) is 0 Å². The number of nitrogens with one attached hydrogen (secondary N) is 2. The molecular weight excluding hydrogens is 230 g/mol. The minimum Gasteiger partial charge on any atom is -0.340 e. The molecule has 0 bridgehead atoms. The van der Waals surface area contributed by atoms with E-state index in [0.717, 1.165) is 17.6 Å². The van der Waals surface area contributed by atoms with Gasteiger partial charge in [-0.2, -0.15) is 0 Å². The van der Waals surface area contributed by atoms with Crippen molar-refractivity contribution in [1.82, 2.24) is 15.3 Å². The fraction of sp³-hybridized carbons (Fsp3) is 0.769. The van der Waals surface area contributed by atoms with E-state index in [1.807, 2.05) is 24.2 Å². The van der Waals surface area contributed by atoms with Gasteiger partial charge in [0, 0.05) is 23.7 Å². The molecule has 0 saturated heterocycles. The van der Waals surface area contributed by atoms with Gasteiger partial charge in [-0.1, -0.05) is 32.0 Å². The Bertz CT molecular complexity index is 312. The summed E-state index contributed by atoms with van der Waals surface area (Å²) in [5.74, 6) is 0.900. The lowest BCUT2D eigenvalue weighted by Gasteiger charge is -2.35. The van der Waals surface area contributed by atoms with E-state index in [2.05, 4.69) is 29.1 Å². The van der Waals surface area contributed by atoms with Crippen molar-refractivity contribution in [3.63, 3.8) is 0 Å². The Morgan fingerprint density at radius 2 is 2.35 bits per heavy atom. The van der Waals surface area contributed by atoms with E-state index in [4.69, 9.17) is 0 Å². The third kappa shape index (κ3) is 3.49. The first-order valence-corrected chi connectivity index (χ1v) is 7.60. The van der Waals surface area contributed by atoms with Crippen LogP contribution in [0.3, 0.4) is 0 Å². The largest absolute Gasteiger partial charge is 0.340 e. The molecule has 2 rings (SSSR count). The Labute approximate surface area is 108 Å². The summed E-state index contributed by atoms with van der Waals surface area (Å²) in [6.07, 6.45) is 9.07.